The highest BCUT2D eigenvalue weighted by Gasteiger charge is 2.52. The number of aryl methyl sites for hydroxylation is 1. The second kappa shape index (κ2) is 17.8. The summed E-state index contributed by atoms with van der Waals surface area (Å²) in [6, 6.07) is 13.5. The zero-order valence-electron chi connectivity index (χ0n) is 33.6. The number of piperidine rings is 2. The van der Waals surface area contributed by atoms with E-state index in [1.807, 2.05) is 26.0 Å². The molecule has 3 N–H and O–H groups in total. The molecule has 3 fully saturated rings. The van der Waals surface area contributed by atoms with Crippen molar-refractivity contribution in [2.75, 3.05) is 40.1 Å². The molecule has 3 aromatic rings. The molecular weight excluding hydrogens is 800 g/mol. The molecule has 14 nitrogen and oxygen atoms in total. The lowest BCUT2D eigenvalue weighted by molar-refractivity contribution is -0.138. The maximum absolute atomic E-state index is 13.8. The molecule has 316 valence electrons. The maximum Gasteiger partial charge on any atom is 0.419 e. The average molecular weight is 846 g/mol. The topological polar surface area (TPSA) is 184 Å². The van der Waals surface area contributed by atoms with Crippen LogP contribution in [0.3, 0.4) is 0 Å². The lowest BCUT2D eigenvalue weighted by Gasteiger charge is -2.35. The van der Waals surface area contributed by atoms with Crippen LogP contribution in [0.4, 0.5) is 35.9 Å². The Morgan fingerprint density at radius 1 is 1.05 bits per heavy atom. The fraction of sp³-hybridized carbons (Fsp3) is 0.452. The summed E-state index contributed by atoms with van der Waals surface area (Å²) in [6.07, 6.45) is -0.122. The molecule has 6 rings (SSSR count). The van der Waals surface area contributed by atoms with Gasteiger partial charge in [0.25, 0.3) is 5.91 Å². The summed E-state index contributed by atoms with van der Waals surface area (Å²) in [4.78, 5) is 59.5. The molecular formula is C42H46F3N9O5S. The monoisotopic (exact) mass is 845 g/mol. The van der Waals surface area contributed by atoms with Gasteiger partial charge in [0.1, 0.15) is 23.4 Å². The highest BCUT2D eigenvalue weighted by Crippen LogP contribution is 2.43. The standard InChI is InChI=1S/C42H46F3N9O5S/c1-5-27-18-30(54-40(60)53(39(58)41(54,3)4)31-20-32(42(43,44)45)34(22-47)48-23-31)6-8-35(27)59-15-12-25-10-13-52(14-11-25)24(2)37(56)50-29-17-26(21-46)16-28(19-29)49-33-7-9-36(55)51-38(33)57/h6,8,16-20,23-25,33,40,49,60H,5,7,9-15H2,1-4H3,(H,50,56)(H,51,55,57)/t24-,33-,40+/m1/s1. The van der Waals surface area contributed by atoms with Crippen LogP contribution in [0.15, 0.2) is 48.7 Å². The number of aromatic nitrogens is 1. The lowest BCUT2D eigenvalue weighted by Crippen LogP contribution is -2.47. The number of nitriles is 2. The third kappa shape index (κ3) is 9.30. The van der Waals surface area contributed by atoms with Gasteiger partial charge in [0.2, 0.25) is 17.7 Å². The number of rotatable bonds is 12. The first-order valence-electron chi connectivity index (χ1n) is 19.7. The van der Waals surface area contributed by atoms with Gasteiger partial charge in [0.15, 0.2) is 11.2 Å². The fourth-order valence-corrected chi connectivity index (χ4v) is 8.55. The van der Waals surface area contributed by atoms with E-state index in [1.54, 1.807) is 43.0 Å². The average Bonchev–Trinajstić information content (AvgIpc) is 3.39. The minimum atomic E-state index is -4.85. The fourth-order valence-electron chi connectivity index (χ4n) is 7.89. The van der Waals surface area contributed by atoms with Crippen molar-refractivity contribution < 1.29 is 37.1 Å². The van der Waals surface area contributed by atoms with Crippen LogP contribution in [0.25, 0.3) is 0 Å². The molecule has 4 heterocycles. The van der Waals surface area contributed by atoms with Crippen molar-refractivity contribution >= 4 is 59.0 Å². The number of hydrogen-bond acceptors (Lipinski definition) is 12. The molecule has 0 radical (unpaired) electrons. The van der Waals surface area contributed by atoms with Gasteiger partial charge < -0.3 is 20.3 Å². The van der Waals surface area contributed by atoms with Crippen LogP contribution >= 0.6 is 12.6 Å². The Morgan fingerprint density at radius 3 is 2.42 bits per heavy atom. The lowest BCUT2D eigenvalue weighted by atomic mass is 9.93. The number of thiol groups is 1. The van der Waals surface area contributed by atoms with Crippen molar-refractivity contribution in [3.8, 4) is 17.9 Å². The number of halogens is 3. The van der Waals surface area contributed by atoms with Crippen molar-refractivity contribution in [1.82, 2.24) is 15.2 Å². The first-order valence-corrected chi connectivity index (χ1v) is 20.2. The number of pyridine rings is 1. The van der Waals surface area contributed by atoms with Gasteiger partial charge in [0, 0.05) is 23.5 Å². The molecule has 3 aliphatic rings. The number of nitrogens with one attached hydrogen (secondary N) is 3. The molecule has 3 atom stereocenters. The van der Waals surface area contributed by atoms with Crippen LogP contribution < -0.4 is 30.5 Å². The molecule has 18 heteroatoms. The summed E-state index contributed by atoms with van der Waals surface area (Å²) >= 11 is 4.69. The maximum atomic E-state index is 13.8. The second-order valence-corrected chi connectivity index (χ2v) is 16.1. The summed E-state index contributed by atoms with van der Waals surface area (Å²) in [6.45, 7) is 9.03. The Balaban J connectivity index is 1.02. The van der Waals surface area contributed by atoms with Crippen molar-refractivity contribution in [2.24, 2.45) is 5.92 Å². The van der Waals surface area contributed by atoms with Gasteiger partial charge in [-0.15, -0.1) is 12.6 Å². The molecule has 0 bridgehead atoms. The van der Waals surface area contributed by atoms with Gasteiger partial charge in [-0.2, -0.15) is 23.7 Å². The molecule has 0 unspecified atom stereocenters. The number of ether oxygens (including phenoxy) is 1. The number of hydrogen-bond donors (Lipinski definition) is 4. The van der Waals surface area contributed by atoms with Crippen molar-refractivity contribution in [2.45, 2.75) is 95.5 Å². The quantitative estimate of drug-likeness (QED) is 0.124. The van der Waals surface area contributed by atoms with E-state index in [0.29, 0.717) is 66.8 Å². The molecule has 2 aromatic carbocycles. The number of amides is 4. The molecule has 0 saturated carbocycles. The van der Waals surface area contributed by atoms with E-state index in [2.05, 4.69) is 31.9 Å². The van der Waals surface area contributed by atoms with Crippen LogP contribution in [-0.2, 0) is 31.8 Å². The van der Waals surface area contributed by atoms with Gasteiger partial charge in [-0.3, -0.25) is 34.3 Å². The summed E-state index contributed by atoms with van der Waals surface area (Å²) in [5.74, 6) is -0.428. The van der Waals surface area contributed by atoms with E-state index < -0.39 is 52.4 Å². The molecule has 0 aliphatic carbocycles. The number of nitrogens with zero attached hydrogens (tertiary/aromatic N) is 6. The Kier molecular flexibility index (Phi) is 13.0. The normalized spacial score (nSPS) is 20.3. The largest absolute Gasteiger partial charge is 0.493 e. The van der Waals surface area contributed by atoms with Crippen molar-refractivity contribution in [3.05, 3.63) is 71.0 Å². The van der Waals surface area contributed by atoms with E-state index in [1.165, 1.54) is 6.07 Å². The minimum absolute atomic E-state index is 0.125. The zero-order valence-corrected chi connectivity index (χ0v) is 34.5. The molecule has 60 heavy (non-hydrogen) atoms. The van der Waals surface area contributed by atoms with Crippen LogP contribution in [0, 0.1) is 28.6 Å². The Labute approximate surface area is 351 Å². The molecule has 0 spiro atoms. The predicted molar refractivity (Wildman–Crippen MR) is 220 cm³/mol. The Bertz CT molecular complexity index is 2250. The third-order valence-corrected chi connectivity index (χ3v) is 11.8. The number of alkyl halides is 3. The highest BCUT2D eigenvalue weighted by atomic mass is 32.1. The van der Waals surface area contributed by atoms with E-state index in [9.17, 15) is 42.9 Å². The van der Waals surface area contributed by atoms with E-state index in [-0.39, 0.29) is 23.9 Å². The third-order valence-electron chi connectivity index (χ3n) is 11.3. The summed E-state index contributed by atoms with van der Waals surface area (Å²) < 4.78 is 47.5. The van der Waals surface area contributed by atoms with Crippen molar-refractivity contribution in [1.29, 1.82) is 10.5 Å². The van der Waals surface area contributed by atoms with Crippen LogP contribution in [0.2, 0.25) is 0 Å². The number of carbonyl (C=O) groups excluding carboxylic acids is 4. The molecule has 1 aromatic heterocycles. The van der Waals surface area contributed by atoms with Gasteiger partial charge in [-0.1, -0.05) is 6.92 Å². The second-order valence-electron chi connectivity index (χ2n) is 15.6. The van der Waals surface area contributed by atoms with E-state index >= 15 is 0 Å². The summed E-state index contributed by atoms with van der Waals surface area (Å²) in [5, 5.41) is 27.1. The van der Waals surface area contributed by atoms with E-state index in [0.717, 1.165) is 42.0 Å². The summed E-state index contributed by atoms with van der Waals surface area (Å²) in [5.41, 5.74) is -1.60. The van der Waals surface area contributed by atoms with Gasteiger partial charge in [-0.05, 0) is 120 Å². The van der Waals surface area contributed by atoms with Crippen molar-refractivity contribution in [3.63, 3.8) is 0 Å². The Morgan fingerprint density at radius 2 is 1.77 bits per heavy atom. The summed E-state index contributed by atoms with van der Waals surface area (Å²) in [7, 11) is 0. The first-order chi connectivity index (χ1) is 28.4. The SMILES string of the molecule is CCc1cc(N2[C@@H](S)N(c3cnc(C#N)c(C(F)(F)F)c3)C(=O)C2(C)C)ccc1OCCC1CCN([C@H](C)C(=O)Nc2cc(C#N)cc(N[C@@H]3CCC(=O)NC3=O)c2)CC1. The van der Waals surface area contributed by atoms with Gasteiger partial charge in [0.05, 0.1) is 41.7 Å². The molecule has 3 saturated heterocycles. The predicted octanol–water partition coefficient (Wildman–Crippen LogP) is 5.98. The van der Waals surface area contributed by atoms with Crippen LogP contribution in [-0.4, -0.2) is 76.3 Å². The number of anilines is 4. The number of benzene rings is 2. The minimum Gasteiger partial charge on any atom is -0.493 e. The van der Waals surface area contributed by atoms with E-state index in [4.69, 9.17) is 17.4 Å². The van der Waals surface area contributed by atoms with Crippen LogP contribution in [0.1, 0.15) is 82.2 Å². The molecule has 4 amide bonds. The molecule has 3 aliphatic heterocycles. The van der Waals surface area contributed by atoms with Crippen LogP contribution in [0.5, 0.6) is 5.75 Å². The Hall–Kier alpha value is -5.85. The number of likely N-dealkylation sites (tertiary alicyclic amines) is 1. The number of carbonyl (C=O) groups is 4. The highest BCUT2D eigenvalue weighted by molar-refractivity contribution is 7.81. The first kappa shape index (κ1) is 43.7. The smallest absolute Gasteiger partial charge is 0.419 e. The van der Waals surface area contributed by atoms with Gasteiger partial charge >= 0.3 is 6.18 Å². The zero-order chi connectivity index (χ0) is 43.5. The number of imide groups is 1. The van der Waals surface area contributed by atoms with Gasteiger partial charge in [-0.25, -0.2) is 4.98 Å².